The van der Waals surface area contributed by atoms with Crippen molar-refractivity contribution in [3.8, 4) is 0 Å². The molecule has 17 nitrogen and oxygen atoms in total. The van der Waals surface area contributed by atoms with Crippen molar-refractivity contribution in [2.24, 2.45) is 0 Å². The Labute approximate surface area is 667 Å². The number of anilines is 5. The topological polar surface area (TPSA) is 206 Å². The summed E-state index contributed by atoms with van der Waals surface area (Å²) in [7, 11) is 0. The van der Waals surface area contributed by atoms with E-state index in [1.807, 2.05) is 301 Å². The first-order chi connectivity index (χ1) is 46.5. The molecular formula is C83H175B5N17. The van der Waals surface area contributed by atoms with Crippen LogP contribution in [-0.2, 0) is 0 Å². The van der Waals surface area contributed by atoms with E-state index in [4.69, 9.17) is 0 Å². The van der Waals surface area contributed by atoms with Crippen LogP contribution in [0.4, 0.5) is 29.2 Å². The Kier molecular flexibility index (Phi) is 193. The van der Waals surface area contributed by atoms with Gasteiger partial charge in [-0.05, 0) is 104 Å². The number of aryl methyl sites for hydroxylation is 6. The van der Waals surface area contributed by atoms with Gasteiger partial charge in [0.1, 0.15) is 40.4 Å². The number of para-hydroxylation sites is 1. The van der Waals surface area contributed by atoms with Gasteiger partial charge in [0.2, 0.25) is 5.95 Å². The minimum absolute atomic E-state index is 0. The van der Waals surface area contributed by atoms with Gasteiger partial charge in [0.05, 0.1) is 17.2 Å². The van der Waals surface area contributed by atoms with E-state index in [1.165, 1.54) is 0 Å². The van der Waals surface area contributed by atoms with Crippen molar-refractivity contribution in [1.82, 2.24) is 59.5 Å². The van der Waals surface area contributed by atoms with Gasteiger partial charge in [-0.15, -0.1) is 0 Å². The molecule has 0 saturated heterocycles. The number of nitrogens with one attached hydrogen (secondary N) is 5. The van der Waals surface area contributed by atoms with Crippen molar-refractivity contribution < 1.29 is 0 Å². The van der Waals surface area contributed by atoms with Gasteiger partial charge in [-0.1, -0.05) is 278 Å². The monoisotopic (exact) mass is 1470 g/mol. The first-order valence-electron chi connectivity index (χ1n) is 37.4. The average Bonchev–Trinajstić information content (AvgIpc) is 1.44. The summed E-state index contributed by atoms with van der Waals surface area (Å²) >= 11 is 0. The molecule has 8 aromatic rings. The Bertz CT molecular complexity index is 2610. The van der Waals surface area contributed by atoms with Crippen molar-refractivity contribution in [2.45, 2.75) is 339 Å². The summed E-state index contributed by atoms with van der Waals surface area (Å²) in [5.41, 5.74) is 6.74. The number of nitrogens with zero attached hydrogens (tertiary/aromatic N) is 12. The summed E-state index contributed by atoms with van der Waals surface area (Å²) in [6.07, 6.45) is 10.8. The van der Waals surface area contributed by atoms with Crippen molar-refractivity contribution in [1.29, 1.82) is 0 Å². The lowest BCUT2D eigenvalue weighted by molar-refractivity contribution is 0.889. The molecule has 0 unspecified atom stereocenters. The lowest BCUT2D eigenvalue weighted by Crippen LogP contribution is -2.05. The number of hydrogen-bond donors (Lipinski definition) is 5. The van der Waals surface area contributed by atoms with E-state index in [1.54, 1.807) is 18.6 Å². The maximum absolute atomic E-state index is 4.42. The van der Waals surface area contributed by atoms with Gasteiger partial charge in [-0.2, -0.15) is 5.10 Å². The summed E-state index contributed by atoms with van der Waals surface area (Å²) in [6.45, 7) is 83.0. The van der Waals surface area contributed by atoms with Gasteiger partial charge in [0.15, 0.2) is 11.5 Å². The highest BCUT2D eigenvalue weighted by atomic mass is 15.3. The Morgan fingerprint density at radius 2 is 0.686 bits per heavy atom. The molecule has 0 aliphatic rings. The molecule has 0 aliphatic carbocycles. The Hall–Kier alpha value is -6.85. The second-order valence-corrected chi connectivity index (χ2v) is 15.6. The van der Waals surface area contributed by atoms with Gasteiger partial charge in [-0.25, -0.2) is 49.4 Å². The Morgan fingerprint density at radius 1 is 0.314 bits per heavy atom. The maximum Gasteiger partial charge on any atom is 0.222 e. The standard InChI is InChI=1S/C12H15N3.C11H14N4.C10H14N4.C9H15N3.C8H13N3.14C2H6.5CH4.5B/c1-3-8-13-12-10-6-4-5-7-11(10)14-9(2)15-12;1-3-6-13-11-10-9(5-4-7-12-10)14-8(2)15-11;1-3-5-11-9-7-8(2)14-10(13-9)4-6-12-14;1-4-5-10-9-6-7(2)11-8(3)12-9;1-3-5-9-8-10-6-4-7(2)11-8;14*1-2;;;;;;;;;;/h4-7H,3,8H2,1-2H3,(H,13,14,15);4-5,7H,3,6H2,1-2H3,(H,13,14,15);4,6-7H,3,5H2,1-2H3,(H,11,13);6H,4-5H2,1-3H3,(H,10,11,12);4,6H,3,5H2,1-2H3,(H,9,10,11);14*1-2H3;5*1H4;;;;;. The van der Waals surface area contributed by atoms with Crippen LogP contribution >= 0.6 is 0 Å². The third-order valence-electron chi connectivity index (χ3n) is 9.31. The van der Waals surface area contributed by atoms with Crippen LogP contribution in [0.5, 0.6) is 0 Å². The summed E-state index contributed by atoms with van der Waals surface area (Å²) in [5, 5.41) is 21.5. The fraction of sp³-hybridized carbons (Fsp3) is 0.651. The summed E-state index contributed by atoms with van der Waals surface area (Å²) < 4.78 is 1.83. The molecule has 15 radical (unpaired) electrons. The van der Waals surface area contributed by atoms with E-state index in [0.29, 0.717) is 0 Å². The maximum atomic E-state index is 4.42. The molecule has 0 atom stereocenters. The SMILES string of the molecule is C.C.C.C.C.CC.CC.CC.CC.CC.CC.CC.CC.CC.CC.CC.CC.CC.CC.CCCNc1cc(C)n2nccc2n1.CCCNc1cc(C)nc(C)n1.CCCNc1nc(C)nc2ccccc12.CCCNc1nc(C)nc2cccnc12.CCCNc1nccc(C)n1.[B].[B].[B].[B].[B]. The van der Waals surface area contributed by atoms with Crippen LogP contribution in [0.1, 0.15) is 332 Å². The van der Waals surface area contributed by atoms with E-state index in [0.717, 1.165) is 156 Å². The first kappa shape index (κ1) is 156. The fourth-order valence-electron chi connectivity index (χ4n) is 6.26. The molecule has 22 heteroatoms. The molecule has 0 amide bonds. The summed E-state index contributed by atoms with van der Waals surface area (Å²) in [5.74, 6) is 6.78. The quantitative estimate of drug-likeness (QED) is 0.0605. The zero-order chi connectivity index (χ0) is 76.4. The van der Waals surface area contributed by atoms with E-state index >= 15 is 0 Å². The number of pyridine rings is 1. The van der Waals surface area contributed by atoms with Gasteiger partial charge < -0.3 is 26.6 Å². The number of rotatable bonds is 15. The van der Waals surface area contributed by atoms with Crippen molar-refractivity contribution in [3.05, 3.63) is 114 Å². The molecule has 0 saturated carbocycles. The van der Waals surface area contributed by atoms with Crippen LogP contribution in [-0.4, -0.2) is 134 Å². The second-order valence-electron chi connectivity index (χ2n) is 15.6. The smallest absolute Gasteiger partial charge is 0.222 e. The highest BCUT2D eigenvalue weighted by Gasteiger charge is 2.06. The van der Waals surface area contributed by atoms with Crippen LogP contribution < -0.4 is 26.6 Å². The molecule has 607 valence electrons. The van der Waals surface area contributed by atoms with E-state index in [9.17, 15) is 0 Å². The molecule has 7 aromatic heterocycles. The van der Waals surface area contributed by atoms with Gasteiger partial charge in [0, 0.05) is 128 Å². The number of fused-ring (bicyclic) bond motifs is 3. The molecule has 105 heavy (non-hydrogen) atoms. The van der Waals surface area contributed by atoms with Crippen LogP contribution in [0.3, 0.4) is 0 Å². The van der Waals surface area contributed by atoms with Crippen molar-refractivity contribution >= 4 is 98.9 Å². The molecular weight excluding hydrogens is 1290 g/mol. The lowest BCUT2D eigenvalue weighted by Gasteiger charge is -2.08. The molecule has 0 fully saturated rings. The highest BCUT2D eigenvalue weighted by molar-refractivity contribution is 5.89. The first-order valence-corrected chi connectivity index (χ1v) is 37.4. The van der Waals surface area contributed by atoms with Crippen molar-refractivity contribution in [2.75, 3.05) is 59.3 Å². The highest BCUT2D eigenvalue weighted by Crippen LogP contribution is 2.20. The van der Waals surface area contributed by atoms with Crippen molar-refractivity contribution in [3.63, 3.8) is 0 Å². The van der Waals surface area contributed by atoms with E-state index < -0.39 is 0 Å². The largest absolute Gasteiger partial charge is 0.370 e. The summed E-state index contributed by atoms with van der Waals surface area (Å²) in [4.78, 5) is 42.9. The summed E-state index contributed by atoms with van der Waals surface area (Å²) in [6, 6.07) is 19.7. The van der Waals surface area contributed by atoms with E-state index in [-0.39, 0.29) is 79.2 Å². The van der Waals surface area contributed by atoms with Crippen LogP contribution in [0.15, 0.2) is 79.3 Å². The van der Waals surface area contributed by atoms with Crippen LogP contribution in [0, 0.1) is 41.5 Å². The molecule has 5 N–H and O–H groups in total. The third-order valence-corrected chi connectivity index (χ3v) is 9.31. The molecule has 8 rings (SSSR count). The number of benzene rings is 1. The van der Waals surface area contributed by atoms with Crippen LogP contribution in [0.2, 0.25) is 0 Å². The Morgan fingerprint density at radius 3 is 1.11 bits per heavy atom. The third kappa shape index (κ3) is 82.7. The minimum atomic E-state index is 0. The zero-order valence-electron chi connectivity index (χ0n) is 72.3. The molecule has 0 spiro atoms. The predicted octanol–water partition coefficient (Wildman–Crippen LogP) is 25.9. The average molecular weight is 1470 g/mol. The van der Waals surface area contributed by atoms with Gasteiger partial charge >= 0.3 is 0 Å². The number of aromatic nitrogens is 12. The number of hydrogen-bond acceptors (Lipinski definition) is 16. The predicted molar refractivity (Wildman–Crippen MR) is 498 cm³/mol. The van der Waals surface area contributed by atoms with E-state index in [2.05, 4.69) is 116 Å². The van der Waals surface area contributed by atoms with Crippen LogP contribution in [0.25, 0.3) is 27.6 Å². The molecule has 7 heterocycles. The molecule has 1 aromatic carbocycles. The molecule has 0 aliphatic heterocycles. The zero-order valence-corrected chi connectivity index (χ0v) is 72.3. The van der Waals surface area contributed by atoms with Gasteiger partial charge in [0.25, 0.3) is 0 Å². The Balaban J connectivity index is -0.0000000399. The molecule has 0 bridgehead atoms. The lowest BCUT2D eigenvalue weighted by atomic mass is 10.2. The second kappa shape index (κ2) is 130. The normalized spacial score (nSPS) is 7.38. The fourth-order valence-corrected chi connectivity index (χ4v) is 6.26. The van der Waals surface area contributed by atoms with Gasteiger partial charge in [-0.3, -0.25) is 4.98 Å². The minimum Gasteiger partial charge on any atom is -0.370 e.